The first-order valence-electron chi connectivity index (χ1n) is 6.01. The summed E-state index contributed by atoms with van der Waals surface area (Å²) >= 11 is 3.52. The molecule has 0 aliphatic carbocycles. The third-order valence-corrected chi connectivity index (χ3v) is 7.62. The number of halogens is 1. The minimum Gasteiger partial charge on any atom is -0.391 e. The Morgan fingerprint density at radius 2 is 1.50 bits per heavy atom. The summed E-state index contributed by atoms with van der Waals surface area (Å²) in [5.74, 6) is 0. The van der Waals surface area contributed by atoms with Crippen LogP contribution in [0.3, 0.4) is 0 Å². The van der Waals surface area contributed by atoms with E-state index in [1.807, 2.05) is 42.5 Å². The van der Waals surface area contributed by atoms with Gasteiger partial charge in [-0.25, -0.2) is 0 Å². The molecular weight excluding hydrogens is 304 g/mol. The molecule has 1 nitrogen and oxygen atoms in total. The first-order chi connectivity index (χ1) is 8.53. The Balaban J connectivity index is 2.39. The molecule has 0 saturated heterocycles. The second kappa shape index (κ2) is 5.39. The third-order valence-electron chi connectivity index (χ3n) is 3.40. The van der Waals surface area contributed by atoms with Gasteiger partial charge in [0.05, 0.1) is 5.73 Å². The summed E-state index contributed by atoms with van der Waals surface area (Å²) in [6.07, 6.45) is 0. The lowest BCUT2D eigenvalue weighted by Crippen LogP contribution is -2.47. The third kappa shape index (κ3) is 2.58. The topological polar surface area (TPSA) is 20.2 Å². The highest BCUT2D eigenvalue weighted by Gasteiger charge is 2.34. The van der Waals surface area contributed by atoms with E-state index in [9.17, 15) is 5.11 Å². The van der Waals surface area contributed by atoms with Gasteiger partial charge in [-0.1, -0.05) is 82.7 Å². The normalized spacial score (nSPS) is 13.3. The molecule has 0 bridgehead atoms. The number of benzene rings is 2. The first kappa shape index (κ1) is 13.5. The highest BCUT2D eigenvalue weighted by molar-refractivity contribution is 9.10. The van der Waals surface area contributed by atoms with E-state index in [1.165, 1.54) is 5.19 Å². The zero-order valence-corrected chi connectivity index (χ0v) is 13.2. The fourth-order valence-corrected chi connectivity index (χ4v) is 5.22. The first-order valence-corrected chi connectivity index (χ1v) is 9.88. The van der Waals surface area contributed by atoms with Crippen molar-refractivity contribution in [1.29, 1.82) is 0 Å². The van der Waals surface area contributed by atoms with Crippen molar-refractivity contribution >= 4 is 29.2 Å². The molecule has 0 saturated carbocycles. The largest absolute Gasteiger partial charge is 0.391 e. The van der Waals surface area contributed by atoms with Crippen LogP contribution in [0.4, 0.5) is 0 Å². The van der Waals surface area contributed by atoms with Crippen LogP contribution >= 0.6 is 15.9 Å². The molecule has 3 heteroatoms. The lowest BCUT2D eigenvalue weighted by atomic mass is 10.2. The summed E-state index contributed by atoms with van der Waals surface area (Å²) in [6, 6.07) is 18.2. The molecule has 0 amide bonds. The molecule has 2 aromatic carbocycles. The van der Waals surface area contributed by atoms with Gasteiger partial charge in [0.2, 0.25) is 0 Å². The van der Waals surface area contributed by atoms with Crippen LogP contribution in [0.2, 0.25) is 13.1 Å². The van der Waals surface area contributed by atoms with Crippen LogP contribution in [0.5, 0.6) is 0 Å². The maximum Gasteiger partial charge on any atom is 0.118 e. The summed E-state index contributed by atoms with van der Waals surface area (Å²) in [5, 5.41) is 12.0. The van der Waals surface area contributed by atoms with Gasteiger partial charge in [0.1, 0.15) is 8.07 Å². The number of aliphatic hydroxyl groups excluding tert-OH is 1. The predicted molar refractivity (Wildman–Crippen MR) is 82.7 cm³/mol. The average molecular weight is 321 g/mol. The van der Waals surface area contributed by atoms with E-state index in [2.05, 4.69) is 41.2 Å². The standard InChI is InChI=1S/C15H17BrOSi/c1-18(2,12-8-4-3-5-9-12)15(17)13-10-6-7-11-14(13)16/h3-11,15,17H,1-2H3/t15-/m0/s1. The summed E-state index contributed by atoms with van der Waals surface area (Å²) in [6.45, 7) is 4.40. The predicted octanol–water partition coefficient (Wildman–Crippen LogP) is 3.64. The maximum absolute atomic E-state index is 10.7. The van der Waals surface area contributed by atoms with Gasteiger partial charge in [-0.3, -0.25) is 0 Å². The molecule has 1 N–H and O–H groups in total. The van der Waals surface area contributed by atoms with Crippen molar-refractivity contribution in [2.45, 2.75) is 18.8 Å². The van der Waals surface area contributed by atoms with E-state index < -0.39 is 13.8 Å². The van der Waals surface area contributed by atoms with Gasteiger partial charge in [0, 0.05) is 4.47 Å². The van der Waals surface area contributed by atoms with Crippen LogP contribution in [-0.2, 0) is 0 Å². The SMILES string of the molecule is C[Si](C)(c1ccccc1)[C@H](O)c1ccccc1Br. The summed E-state index contributed by atoms with van der Waals surface area (Å²) in [4.78, 5) is 0. The van der Waals surface area contributed by atoms with Gasteiger partial charge in [0.15, 0.2) is 0 Å². The molecule has 0 unspecified atom stereocenters. The number of hydrogen-bond donors (Lipinski definition) is 1. The van der Waals surface area contributed by atoms with E-state index in [1.54, 1.807) is 0 Å². The molecular formula is C15H17BrOSi. The van der Waals surface area contributed by atoms with Crippen molar-refractivity contribution in [2.75, 3.05) is 0 Å². The molecule has 0 fully saturated rings. The number of aliphatic hydroxyl groups is 1. The maximum atomic E-state index is 10.7. The van der Waals surface area contributed by atoms with Gasteiger partial charge in [-0.15, -0.1) is 0 Å². The van der Waals surface area contributed by atoms with E-state index in [0.29, 0.717) is 0 Å². The van der Waals surface area contributed by atoms with Crippen LogP contribution in [0, 0.1) is 0 Å². The lowest BCUT2D eigenvalue weighted by Gasteiger charge is -2.30. The minimum atomic E-state index is -1.93. The molecule has 0 spiro atoms. The molecule has 0 aromatic heterocycles. The molecule has 0 heterocycles. The minimum absolute atomic E-state index is 0.407. The Morgan fingerprint density at radius 3 is 2.11 bits per heavy atom. The van der Waals surface area contributed by atoms with Gasteiger partial charge >= 0.3 is 0 Å². The van der Waals surface area contributed by atoms with Crippen LogP contribution in [0.1, 0.15) is 11.3 Å². The van der Waals surface area contributed by atoms with Gasteiger partial charge in [0.25, 0.3) is 0 Å². The van der Waals surface area contributed by atoms with Crippen molar-refractivity contribution in [3.8, 4) is 0 Å². The van der Waals surface area contributed by atoms with E-state index in [0.717, 1.165) is 10.0 Å². The monoisotopic (exact) mass is 320 g/mol. The Morgan fingerprint density at radius 1 is 0.944 bits per heavy atom. The van der Waals surface area contributed by atoms with Crippen LogP contribution in [-0.4, -0.2) is 13.2 Å². The molecule has 0 radical (unpaired) electrons. The number of hydrogen-bond acceptors (Lipinski definition) is 1. The zero-order valence-electron chi connectivity index (χ0n) is 10.6. The molecule has 18 heavy (non-hydrogen) atoms. The average Bonchev–Trinajstić information content (AvgIpc) is 2.39. The van der Waals surface area contributed by atoms with Crippen molar-refractivity contribution in [3.05, 3.63) is 64.6 Å². The highest BCUT2D eigenvalue weighted by atomic mass is 79.9. The Labute approximate surface area is 118 Å². The van der Waals surface area contributed by atoms with Crippen LogP contribution < -0.4 is 5.19 Å². The smallest absolute Gasteiger partial charge is 0.118 e. The van der Waals surface area contributed by atoms with Crippen LogP contribution in [0.15, 0.2) is 59.1 Å². The second-order valence-corrected chi connectivity index (χ2v) is 10.4. The van der Waals surface area contributed by atoms with Crippen molar-refractivity contribution in [2.24, 2.45) is 0 Å². The van der Waals surface area contributed by atoms with Crippen molar-refractivity contribution in [1.82, 2.24) is 0 Å². The van der Waals surface area contributed by atoms with Gasteiger partial charge < -0.3 is 5.11 Å². The number of rotatable bonds is 3. The molecule has 1 atom stereocenters. The second-order valence-electron chi connectivity index (χ2n) is 5.01. The lowest BCUT2D eigenvalue weighted by molar-refractivity contribution is 0.250. The van der Waals surface area contributed by atoms with Crippen molar-refractivity contribution < 1.29 is 5.11 Å². The summed E-state index contributed by atoms with van der Waals surface area (Å²) < 4.78 is 0.981. The van der Waals surface area contributed by atoms with Gasteiger partial charge in [-0.05, 0) is 11.6 Å². The van der Waals surface area contributed by atoms with Crippen molar-refractivity contribution in [3.63, 3.8) is 0 Å². The Kier molecular flexibility index (Phi) is 4.05. The van der Waals surface area contributed by atoms with E-state index in [4.69, 9.17) is 0 Å². The van der Waals surface area contributed by atoms with E-state index in [-0.39, 0.29) is 0 Å². The molecule has 0 aliphatic rings. The molecule has 0 aliphatic heterocycles. The Bertz CT molecular complexity index is 525. The summed E-state index contributed by atoms with van der Waals surface area (Å²) in [5.41, 5.74) is 0.577. The highest BCUT2D eigenvalue weighted by Crippen LogP contribution is 2.29. The van der Waals surface area contributed by atoms with Crippen LogP contribution in [0.25, 0.3) is 0 Å². The van der Waals surface area contributed by atoms with E-state index >= 15 is 0 Å². The molecule has 94 valence electrons. The fraction of sp³-hybridized carbons (Fsp3) is 0.200. The quantitative estimate of drug-likeness (QED) is 0.856. The van der Waals surface area contributed by atoms with Gasteiger partial charge in [-0.2, -0.15) is 0 Å². The molecule has 2 rings (SSSR count). The summed E-state index contributed by atoms with van der Waals surface area (Å²) in [7, 11) is -1.93. The fourth-order valence-electron chi connectivity index (χ4n) is 2.11. The molecule has 2 aromatic rings. The Hall–Kier alpha value is -0.903. The zero-order chi connectivity index (χ0) is 13.2.